The van der Waals surface area contributed by atoms with Gasteiger partial charge in [0.15, 0.2) is 11.5 Å². The van der Waals surface area contributed by atoms with E-state index in [1.54, 1.807) is 14.2 Å². The zero-order chi connectivity index (χ0) is 21.8. The molecule has 1 saturated heterocycles. The molecule has 1 aliphatic heterocycles. The summed E-state index contributed by atoms with van der Waals surface area (Å²) in [6, 6.07) is 5.97. The highest BCUT2D eigenvalue weighted by Crippen LogP contribution is 2.33. The minimum Gasteiger partial charge on any atom is -0.493 e. The number of aryl methyl sites for hydroxylation is 1. The van der Waals surface area contributed by atoms with Gasteiger partial charge in [0.1, 0.15) is 17.0 Å². The minimum atomic E-state index is -0.0766. The third kappa shape index (κ3) is 4.57. The van der Waals surface area contributed by atoms with Crippen molar-refractivity contribution in [2.75, 3.05) is 39.3 Å². The van der Waals surface area contributed by atoms with Gasteiger partial charge in [-0.05, 0) is 43.0 Å². The number of methoxy groups -OCH3 is 2. The second-order valence-corrected chi connectivity index (χ2v) is 8.36. The quantitative estimate of drug-likeness (QED) is 0.553. The topological polar surface area (TPSA) is 94.6 Å². The molecule has 3 aromatic rings. The van der Waals surface area contributed by atoms with E-state index in [-0.39, 0.29) is 11.9 Å². The van der Waals surface area contributed by atoms with Crippen LogP contribution in [0, 0.1) is 6.92 Å². The number of hydrogen-bond donors (Lipinski definition) is 2. The van der Waals surface area contributed by atoms with Crippen molar-refractivity contribution >= 4 is 33.3 Å². The number of nitrogens with zero attached hydrogens (tertiary/aromatic N) is 2. The highest BCUT2D eigenvalue weighted by Gasteiger charge is 2.23. The Labute approximate surface area is 184 Å². The maximum atomic E-state index is 12.8. The predicted molar refractivity (Wildman–Crippen MR) is 121 cm³/mol. The van der Waals surface area contributed by atoms with Crippen LogP contribution in [-0.2, 0) is 11.2 Å². The first-order valence-corrected chi connectivity index (χ1v) is 11.0. The van der Waals surface area contributed by atoms with Gasteiger partial charge in [-0.3, -0.25) is 4.79 Å². The van der Waals surface area contributed by atoms with Crippen molar-refractivity contribution in [1.82, 2.24) is 15.3 Å². The van der Waals surface area contributed by atoms with E-state index in [9.17, 15) is 4.79 Å². The molecule has 1 atom stereocenters. The van der Waals surface area contributed by atoms with E-state index in [4.69, 9.17) is 14.2 Å². The third-order valence-electron chi connectivity index (χ3n) is 5.35. The lowest BCUT2D eigenvalue weighted by Crippen LogP contribution is -2.34. The Morgan fingerprint density at radius 2 is 2.10 bits per heavy atom. The first kappa shape index (κ1) is 21.3. The predicted octanol–water partition coefficient (Wildman–Crippen LogP) is 3.19. The molecule has 4 rings (SSSR count). The van der Waals surface area contributed by atoms with Gasteiger partial charge in [-0.1, -0.05) is 6.07 Å². The van der Waals surface area contributed by atoms with E-state index in [0.717, 1.165) is 40.0 Å². The summed E-state index contributed by atoms with van der Waals surface area (Å²) in [7, 11) is 3.25. The summed E-state index contributed by atoms with van der Waals surface area (Å²) in [5.41, 5.74) is 2.02. The zero-order valence-electron chi connectivity index (χ0n) is 17.9. The molecule has 1 fully saturated rings. The average molecular weight is 443 g/mol. The average Bonchev–Trinajstić information content (AvgIpc) is 3.41. The van der Waals surface area contributed by atoms with E-state index < -0.39 is 0 Å². The van der Waals surface area contributed by atoms with Gasteiger partial charge in [-0.15, -0.1) is 11.3 Å². The van der Waals surface area contributed by atoms with Crippen LogP contribution in [0.2, 0.25) is 0 Å². The Kier molecular flexibility index (Phi) is 6.53. The molecule has 1 unspecified atom stereocenters. The summed E-state index contributed by atoms with van der Waals surface area (Å²) < 4.78 is 16.0. The van der Waals surface area contributed by atoms with Crippen molar-refractivity contribution < 1.29 is 19.0 Å². The summed E-state index contributed by atoms with van der Waals surface area (Å²) in [4.78, 5) is 23.0. The molecule has 31 heavy (non-hydrogen) atoms. The van der Waals surface area contributed by atoms with Gasteiger partial charge < -0.3 is 24.8 Å². The Bertz CT molecular complexity index is 1080. The van der Waals surface area contributed by atoms with Gasteiger partial charge in [0.2, 0.25) is 0 Å². The van der Waals surface area contributed by atoms with Gasteiger partial charge in [-0.25, -0.2) is 9.97 Å². The maximum Gasteiger partial charge on any atom is 0.262 e. The van der Waals surface area contributed by atoms with E-state index in [2.05, 4.69) is 20.6 Å². The number of hydrogen-bond acceptors (Lipinski definition) is 8. The number of amides is 1. The molecule has 8 nitrogen and oxygen atoms in total. The monoisotopic (exact) mass is 442 g/mol. The van der Waals surface area contributed by atoms with Crippen LogP contribution in [0.3, 0.4) is 0 Å². The SMILES string of the molecule is COc1ccc(CCNc2ncnc3sc(C(=O)NC4CCOC4)c(C)c23)cc1OC. The molecule has 0 saturated carbocycles. The molecular formula is C22H26N4O4S. The Balaban J connectivity index is 1.48. The van der Waals surface area contributed by atoms with Crippen molar-refractivity contribution in [1.29, 1.82) is 0 Å². The molecule has 0 aliphatic carbocycles. The molecule has 0 radical (unpaired) electrons. The van der Waals surface area contributed by atoms with Crippen molar-refractivity contribution in [3.05, 3.63) is 40.5 Å². The summed E-state index contributed by atoms with van der Waals surface area (Å²) in [6.45, 7) is 3.88. The highest BCUT2D eigenvalue weighted by atomic mass is 32.1. The fourth-order valence-electron chi connectivity index (χ4n) is 3.68. The highest BCUT2D eigenvalue weighted by molar-refractivity contribution is 7.20. The molecule has 1 aliphatic rings. The van der Waals surface area contributed by atoms with Gasteiger partial charge in [-0.2, -0.15) is 0 Å². The first-order chi connectivity index (χ1) is 15.1. The second-order valence-electron chi connectivity index (χ2n) is 7.36. The van der Waals surface area contributed by atoms with E-state index in [0.29, 0.717) is 36.1 Å². The third-order valence-corrected chi connectivity index (χ3v) is 6.55. The van der Waals surface area contributed by atoms with Crippen LogP contribution < -0.4 is 20.1 Å². The molecule has 0 bridgehead atoms. The molecule has 0 spiro atoms. The number of anilines is 1. The molecule has 1 amide bonds. The number of rotatable bonds is 8. The van der Waals surface area contributed by atoms with E-state index >= 15 is 0 Å². The molecule has 3 heterocycles. The number of ether oxygens (including phenoxy) is 3. The first-order valence-electron chi connectivity index (χ1n) is 10.2. The largest absolute Gasteiger partial charge is 0.493 e. The van der Waals surface area contributed by atoms with Gasteiger partial charge in [0.05, 0.1) is 37.1 Å². The minimum absolute atomic E-state index is 0.0716. The maximum absolute atomic E-state index is 12.8. The van der Waals surface area contributed by atoms with Crippen molar-refractivity contribution in [3.8, 4) is 11.5 Å². The molecule has 2 aromatic heterocycles. The number of carbonyl (C=O) groups is 1. The molecule has 1 aromatic carbocycles. The van der Waals surface area contributed by atoms with E-state index in [1.165, 1.54) is 17.7 Å². The number of carbonyl (C=O) groups excluding carboxylic acids is 1. The van der Waals surface area contributed by atoms with Crippen LogP contribution in [-0.4, -0.2) is 55.9 Å². The lowest BCUT2D eigenvalue weighted by atomic mass is 10.1. The molecule has 2 N–H and O–H groups in total. The number of fused-ring (bicyclic) bond motifs is 1. The van der Waals surface area contributed by atoms with Crippen LogP contribution in [0.1, 0.15) is 27.2 Å². The lowest BCUT2D eigenvalue weighted by Gasteiger charge is -2.11. The van der Waals surface area contributed by atoms with Crippen molar-refractivity contribution in [3.63, 3.8) is 0 Å². The Morgan fingerprint density at radius 3 is 2.84 bits per heavy atom. The smallest absolute Gasteiger partial charge is 0.262 e. The van der Waals surface area contributed by atoms with Crippen LogP contribution in [0.5, 0.6) is 11.5 Å². The standard InChI is InChI=1S/C22H26N4O4S/c1-13-18-20(23-8-6-14-4-5-16(28-2)17(10-14)29-3)24-12-25-22(18)31-19(13)21(27)26-15-7-9-30-11-15/h4-5,10,12,15H,6-9,11H2,1-3H3,(H,26,27)(H,23,24,25). The Morgan fingerprint density at radius 1 is 1.26 bits per heavy atom. The fraction of sp³-hybridized carbons (Fsp3) is 0.409. The van der Waals surface area contributed by atoms with E-state index in [1.807, 2.05) is 25.1 Å². The van der Waals surface area contributed by atoms with Crippen LogP contribution in [0.15, 0.2) is 24.5 Å². The summed E-state index contributed by atoms with van der Waals surface area (Å²) >= 11 is 1.39. The number of thiophene rings is 1. The Hall–Kier alpha value is -2.91. The lowest BCUT2D eigenvalue weighted by molar-refractivity contribution is 0.0933. The normalized spacial score (nSPS) is 15.8. The van der Waals surface area contributed by atoms with Gasteiger partial charge in [0.25, 0.3) is 5.91 Å². The zero-order valence-corrected chi connectivity index (χ0v) is 18.7. The second kappa shape index (κ2) is 9.49. The number of aromatic nitrogens is 2. The van der Waals surface area contributed by atoms with Crippen LogP contribution in [0.25, 0.3) is 10.2 Å². The molecule has 9 heteroatoms. The van der Waals surface area contributed by atoms with Gasteiger partial charge >= 0.3 is 0 Å². The number of benzene rings is 1. The summed E-state index contributed by atoms with van der Waals surface area (Å²) in [6.07, 6.45) is 3.16. The summed E-state index contributed by atoms with van der Waals surface area (Å²) in [5.74, 6) is 2.08. The summed E-state index contributed by atoms with van der Waals surface area (Å²) in [5, 5.41) is 7.35. The number of nitrogens with one attached hydrogen (secondary N) is 2. The van der Waals surface area contributed by atoms with Crippen molar-refractivity contribution in [2.24, 2.45) is 0 Å². The molecule has 164 valence electrons. The van der Waals surface area contributed by atoms with Crippen LogP contribution >= 0.6 is 11.3 Å². The van der Waals surface area contributed by atoms with Gasteiger partial charge in [0, 0.05) is 13.2 Å². The van der Waals surface area contributed by atoms with Crippen molar-refractivity contribution in [2.45, 2.75) is 25.8 Å². The van der Waals surface area contributed by atoms with Crippen LogP contribution in [0.4, 0.5) is 5.82 Å². The molecular weight excluding hydrogens is 416 g/mol. The fourth-order valence-corrected chi connectivity index (χ4v) is 4.73.